The molecular weight excluding hydrogens is 346 g/mol. The predicted octanol–water partition coefficient (Wildman–Crippen LogP) is 3.13. The molecule has 2 amide bonds. The number of amides is 2. The Morgan fingerprint density at radius 2 is 1.96 bits per heavy atom. The van der Waals surface area contributed by atoms with Crippen LogP contribution in [0.3, 0.4) is 0 Å². The summed E-state index contributed by atoms with van der Waals surface area (Å²) in [5, 5.41) is 18.1. The third-order valence-corrected chi connectivity index (χ3v) is 3.74. The monoisotopic (exact) mass is 366 g/mol. The van der Waals surface area contributed by atoms with Gasteiger partial charge in [-0.05, 0) is 32.4 Å². The van der Waals surface area contributed by atoms with Crippen molar-refractivity contribution in [2.45, 2.75) is 32.2 Å². The average molecular weight is 366 g/mol. The number of hydrogen-bond acceptors (Lipinski definition) is 3. The molecule has 0 unspecified atom stereocenters. The highest BCUT2D eigenvalue weighted by atomic mass is 19.1. The quantitative estimate of drug-likeness (QED) is 0.732. The Labute approximate surface area is 149 Å². The molecular formula is C17H20F2N4O3. The van der Waals surface area contributed by atoms with E-state index in [2.05, 4.69) is 15.7 Å². The highest BCUT2D eigenvalue weighted by Gasteiger charge is 2.22. The Bertz CT molecular complexity index is 833. The van der Waals surface area contributed by atoms with Crippen molar-refractivity contribution in [2.24, 2.45) is 7.05 Å². The van der Waals surface area contributed by atoms with E-state index in [1.165, 1.54) is 16.8 Å². The summed E-state index contributed by atoms with van der Waals surface area (Å²) in [5.41, 5.74) is -0.379. The van der Waals surface area contributed by atoms with E-state index in [1.807, 2.05) is 0 Å². The SMILES string of the molecule is Cn1nc(-c2ccc(F)cc2F)cc1NC(=O)NC(C)(C)CCC(=O)O. The van der Waals surface area contributed by atoms with Crippen molar-refractivity contribution in [3.8, 4) is 11.3 Å². The fourth-order valence-electron chi connectivity index (χ4n) is 2.35. The molecule has 3 N–H and O–H groups in total. The number of carbonyl (C=O) groups is 2. The highest BCUT2D eigenvalue weighted by molar-refractivity contribution is 5.89. The Hall–Kier alpha value is -2.97. The maximum absolute atomic E-state index is 13.9. The average Bonchev–Trinajstić information content (AvgIpc) is 2.85. The van der Waals surface area contributed by atoms with Crippen molar-refractivity contribution in [3.63, 3.8) is 0 Å². The van der Waals surface area contributed by atoms with E-state index in [4.69, 9.17) is 5.11 Å². The summed E-state index contributed by atoms with van der Waals surface area (Å²) < 4.78 is 28.2. The van der Waals surface area contributed by atoms with Crippen LogP contribution in [0, 0.1) is 11.6 Å². The van der Waals surface area contributed by atoms with Crippen LogP contribution in [0.2, 0.25) is 0 Å². The van der Waals surface area contributed by atoms with Gasteiger partial charge in [-0.2, -0.15) is 5.10 Å². The van der Waals surface area contributed by atoms with Crippen LogP contribution in [0.4, 0.5) is 19.4 Å². The number of nitrogens with zero attached hydrogens (tertiary/aromatic N) is 2. The predicted molar refractivity (Wildman–Crippen MR) is 91.7 cm³/mol. The molecule has 0 spiro atoms. The highest BCUT2D eigenvalue weighted by Crippen LogP contribution is 2.24. The number of rotatable bonds is 6. The standard InChI is InChI=1S/C17H20F2N4O3/c1-17(2,7-6-15(24)25)21-16(26)20-14-9-13(22-23(14)3)11-5-4-10(18)8-12(11)19/h4-5,8-9H,6-7H2,1-3H3,(H,24,25)(H2,20,21,26). The summed E-state index contributed by atoms with van der Waals surface area (Å²) in [5.74, 6) is -2.09. The second kappa shape index (κ2) is 7.51. The van der Waals surface area contributed by atoms with Gasteiger partial charge in [0, 0.05) is 36.7 Å². The summed E-state index contributed by atoms with van der Waals surface area (Å²) >= 11 is 0. The lowest BCUT2D eigenvalue weighted by Gasteiger charge is -2.25. The topological polar surface area (TPSA) is 96.3 Å². The summed E-state index contributed by atoms with van der Waals surface area (Å²) in [6, 6.07) is 4.06. The number of halogens is 2. The molecule has 1 aromatic carbocycles. The molecule has 0 aliphatic carbocycles. The molecule has 140 valence electrons. The van der Waals surface area contributed by atoms with Crippen molar-refractivity contribution < 1.29 is 23.5 Å². The number of carbonyl (C=O) groups excluding carboxylic acids is 1. The zero-order valence-corrected chi connectivity index (χ0v) is 14.6. The fourth-order valence-corrected chi connectivity index (χ4v) is 2.35. The number of hydrogen-bond donors (Lipinski definition) is 3. The Morgan fingerprint density at radius 1 is 1.27 bits per heavy atom. The number of benzene rings is 1. The summed E-state index contributed by atoms with van der Waals surface area (Å²) in [6.07, 6.45) is 0.181. The van der Waals surface area contributed by atoms with E-state index in [0.717, 1.165) is 12.1 Å². The molecule has 7 nitrogen and oxygen atoms in total. The van der Waals surface area contributed by atoms with Gasteiger partial charge in [-0.25, -0.2) is 13.6 Å². The molecule has 0 aliphatic rings. The van der Waals surface area contributed by atoms with Crippen molar-refractivity contribution >= 4 is 17.8 Å². The molecule has 1 aromatic heterocycles. The number of aromatic nitrogens is 2. The van der Waals surface area contributed by atoms with E-state index < -0.39 is 29.2 Å². The van der Waals surface area contributed by atoms with Gasteiger partial charge in [-0.15, -0.1) is 0 Å². The van der Waals surface area contributed by atoms with Crippen LogP contribution in [-0.2, 0) is 11.8 Å². The first-order valence-electron chi connectivity index (χ1n) is 7.88. The number of anilines is 1. The molecule has 0 bridgehead atoms. The molecule has 0 atom stereocenters. The van der Waals surface area contributed by atoms with Crippen LogP contribution in [0.1, 0.15) is 26.7 Å². The van der Waals surface area contributed by atoms with Gasteiger partial charge >= 0.3 is 12.0 Å². The van der Waals surface area contributed by atoms with E-state index in [1.54, 1.807) is 20.9 Å². The zero-order chi connectivity index (χ0) is 19.5. The molecule has 9 heteroatoms. The lowest BCUT2D eigenvalue weighted by molar-refractivity contribution is -0.137. The lowest BCUT2D eigenvalue weighted by Crippen LogP contribution is -2.46. The fraction of sp³-hybridized carbons (Fsp3) is 0.353. The van der Waals surface area contributed by atoms with Gasteiger partial charge in [0.25, 0.3) is 0 Å². The summed E-state index contributed by atoms with van der Waals surface area (Å²) in [7, 11) is 1.57. The summed E-state index contributed by atoms with van der Waals surface area (Å²) in [6.45, 7) is 3.41. The Morgan fingerprint density at radius 3 is 2.58 bits per heavy atom. The molecule has 0 saturated heterocycles. The van der Waals surface area contributed by atoms with E-state index in [9.17, 15) is 18.4 Å². The zero-order valence-electron chi connectivity index (χ0n) is 14.6. The molecule has 1 heterocycles. The summed E-state index contributed by atoms with van der Waals surface area (Å²) in [4.78, 5) is 22.8. The van der Waals surface area contributed by atoms with Crippen molar-refractivity contribution in [3.05, 3.63) is 35.9 Å². The van der Waals surface area contributed by atoms with Crippen LogP contribution in [-0.4, -0.2) is 32.4 Å². The number of urea groups is 1. The van der Waals surface area contributed by atoms with Gasteiger partial charge in [0.1, 0.15) is 17.5 Å². The molecule has 26 heavy (non-hydrogen) atoms. The smallest absolute Gasteiger partial charge is 0.320 e. The molecule has 0 aliphatic heterocycles. The van der Waals surface area contributed by atoms with Gasteiger partial charge < -0.3 is 10.4 Å². The van der Waals surface area contributed by atoms with E-state index in [-0.39, 0.29) is 24.1 Å². The molecule has 0 saturated carbocycles. The first kappa shape index (κ1) is 19.4. The Kier molecular flexibility index (Phi) is 5.59. The first-order valence-corrected chi connectivity index (χ1v) is 7.88. The number of aryl methyl sites for hydroxylation is 1. The van der Waals surface area contributed by atoms with Crippen LogP contribution in [0.15, 0.2) is 24.3 Å². The van der Waals surface area contributed by atoms with Crippen molar-refractivity contribution in [1.82, 2.24) is 15.1 Å². The van der Waals surface area contributed by atoms with Gasteiger partial charge in [0.15, 0.2) is 0 Å². The van der Waals surface area contributed by atoms with Crippen LogP contribution >= 0.6 is 0 Å². The molecule has 0 radical (unpaired) electrons. The number of carboxylic acid groups (broad SMARTS) is 1. The van der Waals surface area contributed by atoms with E-state index in [0.29, 0.717) is 5.82 Å². The lowest BCUT2D eigenvalue weighted by atomic mass is 9.99. The molecule has 2 rings (SSSR count). The van der Waals surface area contributed by atoms with Crippen LogP contribution < -0.4 is 10.6 Å². The van der Waals surface area contributed by atoms with Crippen LogP contribution in [0.5, 0.6) is 0 Å². The third-order valence-electron chi connectivity index (χ3n) is 3.74. The molecule has 0 fully saturated rings. The minimum atomic E-state index is -0.946. The second-order valence-corrected chi connectivity index (χ2v) is 6.52. The van der Waals surface area contributed by atoms with Crippen molar-refractivity contribution in [1.29, 1.82) is 0 Å². The van der Waals surface area contributed by atoms with E-state index >= 15 is 0 Å². The first-order chi connectivity index (χ1) is 12.1. The van der Waals surface area contributed by atoms with Crippen molar-refractivity contribution in [2.75, 3.05) is 5.32 Å². The third kappa shape index (κ3) is 5.01. The van der Waals surface area contributed by atoms with Gasteiger partial charge in [-0.1, -0.05) is 0 Å². The maximum atomic E-state index is 13.9. The normalized spacial score (nSPS) is 11.3. The van der Waals surface area contributed by atoms with Gasteiger partial charge in [-0.3, -0.25) is 14.8 Å². The minimum Gasteiger partial charge on any atom is -0.481 e. The van der Waals surface area contributed by atoms with Gasteiger partial charge in [0.05, 0.1) is 5.69 Å². The minimum absolute atomic E-state index is 0.0764. The number of aliphatic carboxylic acids is 1. The maximum Gasteiger partial charge on any atom is 0.320 e. The largest absolute Gasteiger partial charge is 0.481 e. The van der Waals surface area contributed by atoms with Crippen LogP contribution in [0.25, 0.3) is 11.3 Å². The second-order valence-electron chi connectivity index (χ2n) is 6.52. The molecule has 2 aromatic rings. The number of carboxylic acids is 1. The Balaban J connectivity index is 2.09. The number of nitrogens with one attached hydrogen (secondary N) is 2. The van der Waals surface area contributed by atoms with Gasteiger partial charge in [0.2, 0.25) is 0 Å².